The van der Waals surface area contributed by atoms with E-state index in [9.17, 15) is 4.79 Å². The van der Waals surface area contributed by atoms with E-state index in [1.807, 2.05) is 6.07 Å². The molecule has 3 rings (SSSR count). The lowest BCUT2D eigenvalue weighted by Gasteiger charge is -2.28. The van der Waals surface area contributed by atoms with Crippen molar-refractivity contribution >= 4 is 34.1 Å². The molecule has 2 aromatic rings. The van der Waals surface area contributed by atoms with Crippen molar-refractivity contribution in [1.82, 2.24) is 9.97 Å². The van der Waals surface area contributed by atoms with Gasteiger partial charge in [-0.3, -0.25) is 9.78 Å². The summed E-state index contributed by atoms with van der Waals surface area (Å²) in [6.07, 6.45) is 5.57. The van der Waals surface area contributed by atoms with E-state index >= 15 is 0 Å². The Morgan fingerprint density at radius 2 is 2.05 bits per heavy atom. The predicted molar refractivity (Wildman–Crippen MR) is 88.4 cm³/mol. The summed E-state index contributed by atoms with van der Waals surface area (Å²) in [5.74, 6) is -0.0359. The summed E-state index contributed by atoms with van der Waals surface area (Å²) >= 11 is 6.02. The molecule has 0 bridgehead atoms. The summed E-state index contributed by atoms with van der Waals surface area (Å²) in [4.78, 5) is 20.6. The quantitative estimate of drug-likeness (QED) is 0.671. The number of anilines is 1. The van der Waals surface area contributed by atoms with Crippen molar-refractivity contribution in [3.8, 4) is 0 Å². The van der Waals surface area contributed by atoms with Crippen LogP contribution in [0.1, 0.15) is 43.0 Å². The second-order valence-electron chi connectivity index (χ2n) is 5.86. The van der Waals surface area contributed by atoms with Crippen molar-refractivity contribution in [2.45, 2.75) is 44.7 Å². The second kappa shape index (κ2) is 6.18. The summed E-state index contributed by atoms with van der Waals surface area (Å²) in [6, 6.07) is 4.10. The molecule has 0 radical (unpaired) electrons. The number of nitrogens with zero attached hydrogens (tertiary/aromatic N) is 2. The monoisotopic (exact) mass is 318 g/mol. The molecule has 0 saturated heterocycles. The maximum atomic E-state index is 11.9. The molecule has 1 fully saturated rings. The third-order valence-corrected chi connectivity index (χ3v) is 4.39. The van der Waals surface area contributed by atoms with Crippen LogP contribution in [-0.2, 0) is 0 Å². The first-order chi connectivity index (χ1) is 10.5. The van der Waals surface area contributed by atoms with Crippen molar-refractivity contribution in [3.63, 3.8) is 0 Å². The fraction of sp³-hybridized carbons (Fsp3) is 0.438. The first kappa shape index (κ1) is 15.2. The van der Waals surface area contributed by atoms with Gasteiger partial charge in [0.25, 0.3) is 0 Å². The summed E-state index contributed by atoms with van der Waals surface area (Å²) in [6.45, 7) is 1.54. The van der Waals surface area contributed by atoms with Gasteiger partial charge in [-0.15, -0.1) is 0 Å². The Morgan fingerprint density at radius 3 is 2.73 bits per heavy atom. The van der Waals surface area contributed by atoms with Crippen LogP contribution in [-0.4, -0.2) is 27.8 Å². The van der Waals surface area contributed by atoms with Gasteiger partial charge in [0.1, 0.15) is 10.7 Å². The average Bonchev–Trinajstić information content (AvgIpc) is 2.49. The zero-order chi connectivity index (χ0) is 15.7. The van der Waals surface area contributed by atoms with Gasteiger partial charge in [0.05, 0.1) is 16.8 Å². The lowest BCUT2D eigenvalue weighted by atomic mass is 9.91. The van der Waals surface area contributed by atoms with Crippen molar-refractivity contribution in [2.75, 3.05) is 5.32 Å². The van der Waals surface area contributed by atoms with Crippen LogP contribution in [0.25, 0.3) is 11.0 Å². The second-order valence-corrected chi connectivity index (χ2v) is 6.25. The van der Waals surface area contributed by atoms with Gasteiger partial charge in [0, 0.05) is 18.3 Å². The standard InChI is InChI=1S/C16H19ClN4O/c1-9(22)12-8-19-13-6-7-14(17)21-16(13)15(12)20-11-4-2-10(18)3-5-11/h6-8,10-11H,2-5,18H2,1H3,(H,19,20). The summed E-state index contributed by atoms with van der Waals surface area (Å²) in [5, 5.41) is 3.88. The minimum absolute atomic E-state index is 0.0359. The molecule has 0 atom stereocenters. The highest BCUT2D eigenvalue weighted by Crippen LogP contribution is 2.29. The number of carbonyl (C=O) groups excluding carboxylic acids is 1. The Bertz CT molecular complexity index is 711. The highest BCUT2D eigenvalue weighted by Gasteiger charge is 2.22. The number of fused-ring (bicyclic) bond motifs is 1. The Balaban J connectivity index is 2.02. The van der Waals surface area contributed by atoms with Gasteiger partial charge >= 0.3 is 0 Å². The van der Waals surface area contributed by atoms with E-state index in [4.69, 9.17) is 17.3 Å². The first-order valence-electron chi connectivity index (χ1n) is 7.53. The molecular weight excluding hydrogens is 300 g/mol. The van der Waals surface area contributed by atoms with E-state index in [2.05, 4.69) is 15.3 Å². The highest BCUT2D eigenvalue weighted by molar-refractivity contribution is 6.30. The Kier molecular flexibility index (Phi) is 4.27. The van der Waals surface area contributed by atoms with Crippen LogP contribution in [0.5, 0.6) is 0 Å². The smallest absolute Gasteiger partial charge is 0.163 e. The van der Waals surface area contributed by atoms with Crippen LogP contribution in [0.2, 0.25) is 5.15 Å². The van der Waals surface area contributed by atoms with E-state index in [1.54, 1.807) is 12.3 Å². The van der Waals surface area contributed by atoms with Crippen LogP contribution < -0.4 is 11.1 Å². The molecular formula is C16H19ClN4O. The lowest BCUT2D eigenvalue weighted by Crippen LogP contribution is -2.33. The third-order valence-electron chi connectivity index (χ3n) is 4.18. The fourth-order valence-electron chi connectivity index (χ4n) is 2.92. The molecule has 2 heterocycles. The van der Waals surface area contributed by atoms with Gasteiger partial charge in [-0.2, -0.15) is 0 Å². The van der Waals surface area contributed by atoms with Crippen LogP contribution >= 0.6 is 11.6 Å². The number of nitrogens with two attached hydrogens (primary N) is 1. The number of halogens is 1. The maximum Gasteiger partial charge on any atom is 0.163 e. The highest BCUT2D eigenvalue weighted by atomic mass is 35.5. The van der Waals surface area contributed by atoms with Gasteiger partial charge in [-0.1, -0.05) is 11.6 Å². The number of Topliss-reactive ketones (excluding diaryl/α,β-unsaturated/α-hetero) is 1. The van der Waals surface area contributed by atoms with Crippen molar-refractivity contribution in [2.24, 2.45) is 5.73 Å². The molecule has 1 saturated carbocycles. The molecule has 2 aromatic heterocycles. The number of ketones is 1. The number of pyridine rings is 2. The number of hydrogen-bond donors (Lipinski definition) is 2. The SMILES string of the molecule is CC(=O)c1cnc2ccc(Cl)nc2c1NC1CCC(N)CC1. The van der Waals surface area contributed by atoms with Crippen molar-refractivity contribution < 1.29 is 4.79 Å². The molecule has 1 aliphatic rings. The largest absolute Gasteiger partial charge is 0.380 e. The van der Waals surface area contributed by atoms with E-state index in [1.165, 1.54) is 6.92 Å². The summed E-state index contributed by atoms with van der Waals surface area (Å²) in [7, 11) is 0. The Labute approximate surface area is 134 Å². The molecule has 1 aliphatic carbocycles. The van der Waals surface area contributed by atoms with Crippen LogP contribution in [0.3, 0.4) is 0 Å². The van der Waals surface area contributed by atoms with Crippen LogP contribution in [0.15, 0.2) is 18.3 Å². The van der Waals surface area contributed by atoms with Gasteiger partial charge in [-0.05, 0) is 44.7 Å². The Hall–Kier alpha value is -1.72. The van der Waals surface area contributed by atoms with Gasteiger partial charge in [-0.25, -0.2) is 4.98 Å². The number of carbonyl (C=O) groups is 1. The summed E-state index contributed by atoms with van der Waals surface area (Å²) in [5.41, 5.74) is 8.62. The zero-order valence-corrected chi connectivity index (χ0v) is 13.2. The fourth-order valence-corrected chi connectivity index (χ4v) is 3.07. The normalized spacial score (nSPS) is 21.8. The minimum atomic E-state index is -0.0359. The summed E-state index contributed by atoms with van der Waals surface area (Å²) < 4.78 is 0. The molecule has 6 heteroatoms. The van der Waals surface area contributed by atoms with Gasteiger partial charge in [0.2, 0.25) is 0 Å². The molecule has 0 amide bonds. The first-order valence-corrected chi connectivity index (χ1v) is 7.90. The van der Waals surface area contributed by atoms with E-state index in [0.29, 0.717) is 22.3 Å². The zero-order valence-electron chi connectivity index (χ0n) is 12.5. The molecule has 22 heavy (non-hydrogen) atoms. The molecule has 3 N–H and O–H groups in total. The van der Waals surface area contributed by atoms with E-state index in [-0.39, 0.29) is 11.8 Å². The minimum Gasteiger partial charge on any atom is -0.380 e. The molecule has 0 unspecified atom stereocenters. The van der Waals surface area contributed by atoms with E-state index < -0.39 is 0 Å². The molecule has 5 nitrogen and oxygen atoms in total. The van der Waals surface area contributed by atoms with Crippen LogP contribution in [0.4, 0.5) is 5.69 Å². The predicted octanol–water partition coefficient (Wildman–Crippen LogP) is 3.17. The molecule has 116 valence electrons. The third kappa shape index (κ3) is 3.05. The number of aromatic nitrogens is 2. The number of nitrogens with one attached hydrogen (secondary N) is 1. The Morgan fingerprint density at radius 1 is 1.32 bits per heavy atom. The van der Waals surface area contributed by atoms with Gasteiger partial charge in [0.15, 0.2) is 5.78 Å². The van der Waals surface area contributed by atoms with E-state index in [0.717, 1.165) is 36.9 Å². The van der Waals surface area contributed by atoms with Gasteiger partial charge < -0.3 is 11.1 Å². The molecule has 0 aromatic carbocycles. The topological polar surface area (TPSA) is 80.9 Å². The van der Waals surface area contributed by atoms with Crippen molar-refractivity contribution in [3.05, 3.63) is 29.0 Å². The number of hydrogen-bond acceptors (Lipinski definition) is 5. The maximum absolute atomic E-state index is 11.9. The average molecular weight is 319 g/mol. The molecule has 0 spiro atoms. The number of rotatable bonds is 3. The molecule has 0 aliphatic heterocycles. The van der Waals surface area contributed by atoms with Crippen molar-refractivity contribution in [1.29, 1.82) is 0 Å². The van der Waals surface area contributed by atoms with Crippen LogP contribution in [0, 0.1) is 0 Å². The lowest BCUT2D eigenvalue weighted by molar-refractivity contribution is 0.101.